The van der Waals surface area contributed by atoms with Gasteiger partial charge in [0.15, 0.2) is 22.9 Å². The third kappa shape index (κ3) is 6.61. The van der Waals surface area contributed by atoms with Crippen molar-refractivity contribution in [2.24, 2.45) is 0 Å². The van der Waals surface area contributed by atoms with Gasteiger partial charge in [0.25, 0.3) is 0 Å². The van der Waals surface area contributed by atoms with Gasteiger partial charge in [-0.05, 0) is 64.0 Å². The van der Waals surface area contributed by atoms with E-state index in [1.54, 1.807) is 0 Å². The van der Waals surface area contributed by atoms with E-state index < -0.39 is 0 Å². The number of piperidine rings is 2. The van der Waals surface area contributed by atoms with Gasteiger partial charge in [0.1, 0.15) is 0 Å². The van der Waals surface area contributed by atoms with Crippen molar-refractivity contribution in [1.29, 1.82) is 0 Å². The van der Waals surface area contributed by atoms with E-state index >= 15 is 0 Å². The largest absolute Gasteiger partial charge is 0.378 e. The number of anilines is 4. The SMILES string of the molecule is c1cc(-c2cnc3c(N(C4CCNCC4)N(c4nccn5c(-c6ccnc(N7CCOCC7)n6)cnc45)C4CCNCC4)nccn23)nc(N2CCOCC2)n1. The lowest BCUT2D eigenvalue weighted by Gasteiger charge is -2.47. The van der Waals surface area contributed by atoms with Crippen LogP contribution in [0.2, 0.25) is 0 Å². The predicted molar refractivity (Wildman–Crippen MR) is 211 cm³/mol. The van der Waals surface area contributed by atoms with E-state index in [4.69, 9.17) is 39.4 Å². The first-order chi connectivity index (χ1) is 27.8. The number of hydrazine groups is 1. The molecular weight excluding hydrogens is 713 g/mol. The normalized spacial score (nSPS) is 18.9. The fourth-order valence-electron chi connectivity index (χ4n) is 8.33. The van der Waals surface area contributed by atoms with Crippen LogP contribution in [-0.4, -0.2) is 140 Å². The minimum absolute atomic E-state index is 0.131. The lowest BCUT2D eigenvalue weighted by Crippen LogP contribution is -2.59. The van der Waals surface area contributed by atoms with Crippen molar-refractivity contribution in [2.75, 3.05) is 98.6 Å². The average molecular weight is 759 g/mol. The van der Waals surface area contributed by atoms with Gasteiger partial charge in [-0.15, -0.1) is 0 Å². The van der Waals surface area contributed by atoms with Gasteiger partial charge < -0.3 is 29.9 Å². The monoisotopic (exact) mass is 758 g/mol. The summed E-state index contributed by atoms with van der Waals surface area (Å²) in [6, 6.07) is 4.15. The molecule has 6 aromatic heterocycles. The van der Waals surface area contributed by atoms with Crippen LogP contribution in [0, 0.1) is 0 Å². The molecule has 18 heteroatoms. The number of hydrogen-bond acceptors (Lipinski definition) is 16. The van der Waals surface area contributed by atoms with E-state index in [1.165, 1.54) is 0 Å². The van der Waals surface area contributed by atoms with Crippen LogP contribution in [0.15, 0.2) is 61.7 Å². The molecule has 0 aliphatic carbocycles. The zero-order valence-electron chi connectivity index (χ0n) is 31.3. The molecule has 290 valence electrons. The Kier molecular flexibility index (Phi) is 9.67. The number of nitrogens with one attached hydrogen (secondary N) is 2. The molecule has 0 unspecified atom stereocenters. The van der Waals surface area contributed by atoms with Gasteiger partial charge in [0.05, 0.1) is 73.7 Å². The summed E-state index contributed by atoms with van der Waals surface area (Å²) in [6.45, 7) is 9.30. The summed E-state index contributed by atoms with van der Waals surface area (Å²) in [4.78, 5) is 44.0. The Morgan fingerprint density at radius 2 is 0.964 bits per heavy atom. The van der Waals surface area contributed by atoms with E-state index in [0.29, 0.717) is 38.3 Å². The molecule has 6 aromatic rings. The van der Waals surface area contributed by atoms with Gasteiger partial charge in [-0.3, -0.25) is 18.8 Å². The first kappa shape index (κ1) is 34.9. The van der Waals surface area contributed by atoms with Gasteiger partial charge in [-0.2, -0.15) is 0 Å². The van der Waals surface area contributed by atoms with Crippen molar-refractivity contribution in [3.63, 3.8) is 0 Å². The fourth-order valence-corrected chi connectivity index (χ4v) is 8.33. The zero-order chi connectivity index (χ0) is 37.3. The molecule has 4 saturated heterocycles. The highest BCUT2D eigenvalue weighted by Gasteiger charge is 2.37. The topological polar surface area (TPSA) is 167 Å². The molecule has 56 heavy (non-hydrogen) atoms. The van der Waals surface area contributed by atoms with E-state index in [9.17, 15) is 0 Å². The first-order valence-electron chi connectivity index (χ1n) is 19.8. The van der Waals surface area contributed by atoms with E-state index in [0.717, 1.165) is 124 Å². The Balaban J connectivity index is 1.09. The van der Waals surface area contributed by atoms with Gasteiger partial charge in [-0.1, -0.05) is 0 Å². The first-order valence-corrected chi connectivity index (χ1v) is 19.8. The van der Waals surface area contributed by atoms with Crippen molar-refractivity contribution in [3.05, 3.63) is 61.7 Å². The highest BCUT2D eigenvalue weighted by Crippen LogP contribution is 2.36. The molecular formula is C38H46N16O2. The molecule has 18 nitrogen and oxygen atoms in total. The Morgan fingerprint density at radius 1 is 0.536 bits per heavy atom. The quantitative estimate of drug-likeness (QED) is 0.206. The molecule has 0 bridgehead atoms. The molecule has 10 heterocycles. The van der Waals surface area contributed by atoms with Crippen LogP contribution in [0.1, 0.15) is 25.7 Å². The second kappa shape index (κ2) is 15.5. The number of morpholine rings is 2. The van der Waals surface area contributed by atoms with Gasteiger partial charge in [0.2, 0.25) is 11.9 Å². The number of fused-ring (bicyclic) bond motifs is 2. The number of hydrogen-bond donors (Lipinski definition) is 2. The maximum Gasteiger partial charge on any atom is 0.226 e. The highest BCUT2D eigenvalue weighted by molar-refractivity contribution is 5.77. The number of aromatic nitrogens is 10. The van der Waals surface area contributed by atoms with Crippen LogP contribution < -0.4 is 30.5 Å². The van der Waals surface area contributed by atoms with E-state index in [-0.39, 0.29) is 12.1 Å². The summed E-state index contributed by atoms with van der Waals surface area (Å²) in [5, 5.41) is 11.9. The number of rotatable bonds is 9. The van der Waals surface area contributed by atoms with E-state index in [2.05, 4.69) is 49.2 Å². The molecule has 0 radical (unpaired) electrons. The lowest BCUT2D eigenvalue weighted by atomic mass is 10.0. The molecule has 0 saturated carbocycles. The molecule has 4 fully saturated rings. The van der Waals surface area contributed by atoms with Crippen LogP contribution >= 0.6 is 0 Å². The summed E-state index contributed by atoms with van der Waals surface area (Å²) in [5.41, 5.74) is 4.84. The van der Waals surface area contributed by atoms with Crippen molar-refractivity contribution in [1.82, 2.24) is 59.3 Å². The Labute approximate surface area is 323 Å². The van der Waals surface area contributed by atoms with Crippen molar-refractivity contribution >= 4 is 34.8 Å². The molecule has 10 rings (SSSR count). The third-order valence-electron chi connectivity index (χ3n) is 11.2. The van der Waals surface area contributed by atoms with Crippen molar-refractivity contribution in [2.45, 2.75) is 37.8 Å². The lowest BCUT2D eigenvalue weighted by molar-refractivity contribution is 0.122. The molecule has 0 amide bonds. The predicted octanol–water partition coefficient (Wildman–Crippen LogP) is 2.09. The van der Waals surface area contributed by atoms with Crippen LogP contribution in [0.25, 0.3) is 34.1 Å². The Hall–Kier alpha value is -5.56. The van der Waals surface area contributed by atoms with Gasteiger partial charge >= 0.3 is 0 Å². The highest BCUT2D eigenvalue weighted by atomic mass is 16.5. The smallest absolute Gasteiger partial charge is 0.226 e. The Morgan fingerprint density at radius 3 is 1.39 bits per heavy atom. The van der Waals surface area contributed by atoms with Crippen LogP contribution in [0.4, 0.5) is 23.5 Å². The maximum absolute atomic E-state index is 5.58. The minimum atomic E-state index is 0.131. The number of imidazole rings is 2. The van der Waals surface area contributed by atoms with Gasteiger partial charge in [-0.25, -0.2) is 39.9 Å². The molecule has 0 atom stereocenters. The molecule has 4 aliphatic rings. The third-order valence-corrected chi connectivity index (χ3v) is 11.2. The number of nitrogens with zero attached hydrogens (tertiary/aromatic N) is 14. The summed E-state index contributed by atoms with van der Waals surface area (Å²) >= 11 is 0. The molecule has 4 aliphatic heterocycles. The van der Waals surface area contributed by atoms with Crippen LogP contribution in [0.3, 0.4) is 0 Å². The molecule has 0 spiro atoms. The second-order valence-corrected chi connectivity index (χ2v) is 14.5. The summed E-state index contributed by atoms with van der Waals surface area (Å²) in [5.74, 6) is 2.93. The maximum atomic E-state index is 5.58. The molecule has 2 N–H and O–H groups in total. The minimum Gasteiger partial charge on any atom is -0.378 e. The van der Waals surface area contributed by atoms with Crippen LogP contribution in [0.5, 0.6) is 0 Å². The summed E-state index contributed by atoms with van der Waals surface area (Å²) in [7, 11) is 0. The van der Waals surface area contributed by atoms with Crippen molar-refractivity contribution in [3.8, 4) is 22.8 Å². The average Bonchev–Trinajstić information content (AvgIpc) is 3.93. The molecule has 0 aromatic carbocycles. The van der Waals surface area contributed by atoms with Crippen LogP contribution in [-0.2, 0) is 9.47 Å². The zero-order valence-corrected chi connectivity index (χ0v) is 31.3. The summed E-state index contributed by atoms with van der Waals surface area (Å²) in [6.07, 6.45) is 18.9. The van der Waals surface area contributed by atoms with Gasteiger partial charge in [0, 0.05) is 63.4 Å². The van der Waals surface area contributed by atoms with Crippen molar-refractivity contribution < 1.29 is 9.47 Å². The van der Waals surface area contributed by atoms with E-state index in [1.807, 2.05) is 61.7 Å². The fraction of sp³-hybridized carbons (Fsp3) is 0.474. The standard InChI is InChI=1S/C38H46N16O2/c1-7-39-8-2-27(1)53(35-33-45-25-31(51(33)15-13-41-35)29-5-11-43-37(47-29)49-17-21-55-22-18-49)54(28-3-9-40-10-4-28)36-34-46-26-32(52(34)16-14-42-36)30-6-12-44-38(48-30)50-19-23-56-24-20-50/h5-6,11-16,25-28,39-40H,1-4,7-10,17-24H2. The second-order valence-electron chi connectivity index (χ2n) is 14.5. The summed E-state index contributed by atoms with van der Waals surface area (Å²) < 4.78 is 15.4. The number of ether oxygens (including phenoxy) is 2. The Bertz CT molecular complexity index is 2110.